The number of urea groups is 1. The Kier molecular flexibility index (Phi) is 4.69. The van der Waals surface area contributed by atoms with Crippen molar-refractivity contribution in [3.05, 3.63) is 29.6 Å². The standard InChI is InChI=1S/C17H21N5O3/c1-3-6-22-16(24)14(21-17(22)25)8-15(23)18-9-11-4-5-12-13(7-11)20-10(2)19-12/h4-5,7,14H,3,6,8-9H2,1-2H3,(H,18,23)(H,19,20)(H,21,25)/t14-/m0/s1. The first-order valence-electron chi connectivity index (χ1n) is 8.31. The van der Waals surface area contributed by atoms with E-state index in [2.05, 4.69) is 20.6 Å². The molecule has 2 heterocycles. The highest BCUT2D eigenvalue weighted by atomic mass is 16.2. The van der Waals surface area contributed by atoms with E-state index in [0.29, 0.717) is 19.5 Å². The van der Waals surface area contributed by atoms with Crippen LogP contribution in [0, 0.1) is 6.92 Å². The van der Waals surface area contributed by atoms with Crippen molar-refractivity contribution in [3.8, 4) is 0 Å². The number of aromatic nitrogens is 2. The monoisotopic (exact) mass is 343 g/mol. The van der Waals surface area contributed by atoms with E-state index in [9.17, 15) is 14.4 Å². The van der Waals surface area contributed by atoms with Gasteiger partial charge in [-0.15, -0.1) is 0 Å². The Bertz CT molecular complexity index is 829. The van der Waals surface area contributed by atoms with Gasteiger partial charge in [0.15, 0.2) is 0 Å². The van der Waals surface area contributed by atoms with Crippen LogP contribution in [-0.2, 0) is 16.1 Å². The fourth-order valence-electron chi connectivity index (χ4n) is 2.90. The number of nitrogens with one attached hydrogen (secondary N) is 3. The van der Waals surface area contributed by atoms with Gasteiger partial charge in [0, 0.05) is 13.1 Å². The molecule has 1 aromatic carbocycles. The van der Waals surface area contributed by atoms with Crippen molar-refractivity contribution in [1.82, 2.24) is 25.5 Å². The van der Waals surface area contributed by atoms with Gasteiger partial charge in [0.1, 0.15) is 11.9 Å². The van der Waals surface area contributed by atoms with Crippen LogP contribution in [0.4, 0.5) is 4.79 Å². The van der Waals surface area contributed by atoms with E-state index in [-0.39, 0.29) is 18.2 Å². The molecule has 4 amide bonds. The Balaban J connectivity index is 1.55. The third-order valence-electron chi connectivity index (χ3n) is 4.10. The van der Waals surface area contributed by atoms with E-state index in [0.717, 1.165) is 27.3 Å². The highest BCUT2D eigenvalue weighted by molar-refractivity contribution is 6.05. The minimum Gasteiger partial charge on any atom is -0.352 e. The number of fused-ring (bicyclic) bond motifs is 1. The van der Waals surface area contributed by atoms with Gasteiger partial charge in [0.25, 0.3) is 5.91 Å². The lowest BCUT2D eigenvalue weighted by Gasteiger charge is -2.11. The summed E-state index contributed by atoms with van der Waals surface area (Å²) in [6.07, 6.45) is 0.629. The van der Waals surface area contributed by atoms with Crippen LogP contribution in [0.15, 0.2) is 18.2 Å². The molecule has 1 aliphatic rings. The molecule has 1 fully saturated rings. The first-order valence-corrected chi connectivity index (χ1v) is 8.31. The summed E-state index contributed by atoms with van der Waals surface area (Å²) in [5.74, 6) is 0.220. The molecule has 1 saturated heterocycles. The van der Waals surface area contributed by atoms with Gasteiger partial charge in [-0.2, -0.15) is 0 Å². The number of aryl methyl sites for hydroxylation is 1. The van der Waals surface area contributed by atoms with Crippen molar-refractivity contribution >= 4 is 28.9 Å². The van der Waals surface area contributed by atoms with Crippen LogP contribution in [0.3, 0.4) is 0 Å². The van der Waals surface area contributed by atoms with Gasteiger partial charge in [-0.3, -0.25) is 14.5 Å². The summed E-state index contributed by atoms with van der Waals surface area (Å²) in [6.45, 7) is 4.49. The molecule has 8 heteroatoms. The van der Waals surface area contributed by atoms with Crippen LogP contribution in [0.25, 0.3) is 11.0 Å². The lowest BCUT2D eigenvalue weighted by molar-refractivity contribution is -0.130. The predicted octanol–water partition coefficient (Wildman–Crippen LogP) is 1.21. The van der Waals surface area contributed by atoms with Crippen molar-refractivity contribution in [2.45, 2.75) is 39.3 Å². The highest BCUT2D eigenvalue weighted by Gasteiger charge is 2.38. The number of imide groups is 1. The van der Waals surface area contributed by atoms with E-state index in [1.807, 2.05) is 32.0 Å². The number of nitrogens with zero attached hydrogens (tertiary/aromatic N) is 2. The Morgan fingerprint density at radius 3 is 2.92 bits per heavy atom. The van der Waals surface area contributed by atoms with E-state index in [1.54, 1.807) is 0 Å². The topological polar surface area (TPSA) is 107 Å². The van der Waals surface area contributed by atoms with Crippen LogP contribution < -0.4 is 10.6 Å². The maximum Gasteiger partial charge on any atom is 0.324 e. The van der Waals surface area contributed by atoms with Crippen LogP contribution in [0.1, 0.15) is 31.2 Å². The minimum absolute atomic E-state index is 0.0593. The van der Waals surface area contributed by atoms with Gasteiger partial charge >= 0.3 is 6.03 Å². The summed E-state index contributed by atoms with van der Waals surface area (Å²) in [5.41, 5.74) is 2.72. The second kappa shape index (κ2) is 6.92. The lowest BCUT2D eigenvalue weighted by atomic mass is 10.1. The highest BCUT2D eigenvalue weighted by Crippen LogP contribution is 2.14. The molecule has 0 saturated carbocycles. The maximum absolute atomic E-state index is 12.1. The molecule has 1 aromatic heterocycles. The Morgan fingerprint density at radius 1 is 1.36 bits per heavy atom. The Labute approximate surface area is 145 Å². The summed E-state index contributed by atoms with van der Waals surface area (Å²) in [4.78, 5) is 44.6. The van der Waals surface area contributed by atoms with Crippen molar-refractivity contribution in [1.29, 1.82) is 0 Å². The quantitative estimate of drug-likeness (QED) is 0.685. The molecule has 0 aliphatic carbocycles. The molecule has 8 nitrogen and oxygen atoms in total. The van der Waals surface area contributed by atoms with Crippen LogP contribution >= 0.6 is 0 Å². The second-order valence-corrected chi connectivity index (χ2v) is 6.15. The second-order valence-electron chi connectivity index (χ2n) is 6.15. The molecule has 0 bridgehead atoms. The Morgan fingerprint density at radius 2 is 2.16 bits per heavy atom. The van der Waals surface area contributed by atoms with Crippen molar-refractivity contribution in [3.63, 3.8) is 0 Å². The van der Waals surface area contributed by atoms with Crippen molar-refractivity contribution in [2.75, 3.05) is 6.54 Å². The first kappa shape index (κ1) is 16.9. The average molecular weight is 343 g/mol. The van der Waals surface area contributed by atoms with E-state index >= 15 is 0 Å². The third-order valence-corrected chi connectivity index (χ3v) is 4.10. The van der Waals surface area contributed by atoms with Gasteiger partial charge in [-0.25, -0.2) is 9.78 Å². The first-order chi connectivity index (χ1) is 12.0. The SMILES string of the molecule is CCCN1C(=O)N[C@@H](CC(=O)NCc2ccc3nc(C)[nH]c3c2)C1=O. The molecular formula is C17H21N5O3. The molecule has 0 unspecified atom stereocenters. The molecule has 3 N–H and O–H groups in total. The number of hydrogen-bond donors (Lipinski definition) is 3. The van der Waals surface area contributed by atoms with Crippen LogP contribution in [-0.4, -0.2) is 45.3 Å². The van der Waals surface area contributed by atoms with E-state index in [4.69, 9.17) is 0 Å². The number of hydrogen-bond acceptors (Lipinski definition) is 4. The zero-order valence-electron chi connectivity index (χ0n) is 14.3. The Hall–Kier alpha value is -2.90. The molecule has 0 radical (unpaired) electrons. The van der Waals surface area contributed by atoms with Gasteiger partial charge in [0.05, 0.1) is 17.5 Å². The molecular weight excluding hydrogens is 322 g/mol. The molecule has 25 heavy (non-hydrogen) atoms. The number of imidazole rings is 1. The largest absolute Gasteiger partial charge is 0.352 e. The number of benzene rings is 1. The molecule has 1 atom stereocenters. The van der Waals surface area contributed by atoms with Crippen molar-refractivity contribution < 1.29 is 14.4 Å². The summed E-state index contributed by atoms with van der Waals surface area (Å²) in [7, 11) is 0. The zero-order valence-corrected chi connectivity index (χ0v) is 14.3. The summed E-state index contributed by atoms with van der Waals surface area (Å²) < 4.78 is 0. The van der Waals surface area contributed by atoms with Crippen LogP contribution in [0.5, 0.6) is 0 Å². The zero-order chi connectivity index (χ0) is 18.0. The third kappa shape index (κ3) is 3.62. The number of H-pyrrole nitrogens is 1. The minimum atomic E-state index is -0.781. The van der Waals surface area contributed by atoms with E-state index < -0.39 is 12.1 Å². The normalized spacial score (nSPS) is 17.2. The summed E-state index contributed by atoms with van der Waals surface area (Å²) in [5, 5.41) is 5.34. The maximum atomic E-state index is 12.1. The van der Waals surface area contributed by atoms with Gasteiger partial charge in [-0.1, -0.05) is 13.0 Å². The molecule has 0 spiro atoms. The van der Waals surface area contributed by atoms with Gasteiger partial charge in [0.2, 0.25) is 5.91 Å². The van der Waals surface area contributed by atoms with Gasteiger partial charge in [-0.05, 0) is 31.0 Å². The number of carbonyl (C=O) groups is 3. The molecule has 132 valence electrons. The fraction of sp³-hybridized carbons (Fsp3) is 0.412. The summed E-state index contributed by atoms with van der Waals surface area (Å²) in [6, 6.07) is 4.51. The molecule has 2 aromatic rings. The average Bonchev–Trinajstić information content (AvgIpc) is 3.06. The number of carbonyl (C=O) groups excluding carboxylic acids is 3. The summed E-state index contributed by atoms with van der Waals surface area (Å²) >= 11 is 0. The predicted molar refractivity (Wildman–Crippen MR) is 91.6 cm³/mol. The van der Waals surface area contributed by atoms with Crippen LogP contribution in [0.2, 0.25) is 0 Å². The molecule has 1 aliphatic heterocycles. The number of rotatable bonds is 6. The lowest BCUT2D eigenvalue weighted by Crippen LogP contribution is -2.36. The number of aromatic amines is 1. The molecule has 3 rings (SSSR count). The van der Waals surface area contributed by atoms with E-state index in [1.165, 1.54) is 0 Å². The smallest absolute Gasteiger partial charge is 0.324 e. The van der Waals surface area contributed by atoms with Crippen molar-refractivity contribution in [2.24, 2.45) is 0 Å². The fourth-order valence-corrected chi connectivity index (χ4v) is 2.90. The number of amides is 4. The van der Waals surface area contributed by atoms with Gasteiger partial charge < -0.3 is 15.6 Å².